The summed E-state index contributed by atoms with van der Waals surface area (Å²) in [5.41, 5.74) is 24.4. The number of aryl methyl sites for hydroxylation is 1. The van der Waals surface area contributed by atoms with Gasteiger partial charge in [0.1, 0.15) is 0 Å². The van der Waals surface area contributed by atoms with Crippen LogP contribution in [0.15, 0.2) is 223 Å². The molecule has 6 aliphatic carbocycles. The molecule has 0 aromatic heterocycles. The van der Waals surface area contributed by atoms with Crippen molar-refractivity contribution in [3.63, 3.8) is 0 Å². The first-order chi connectivity index (χ1) is 34.0. The molecule has 0 heterocycles. The van der Waals surface area contributed by atoms with Crippen LogP contribution >= 0.6 is 0 Å². The summed E-state index contributed by atoms with van der Waals surface area (Å²) in [5, 5.41) is 0. The molecule has 12 rings (SSSR count). The minimum absolute atomic E-state index is 0.0462. The van der Waals surface area contributed by atoms with Crippen LogP contribution in [0.25, 0.3) is 16.7 Å². The van der Waals surface area contributed by atoms with E-state index >= 15 is 0 Å². The van der Waals surface area contributed by atoms with Gasteiger partial charge in [0.15, 0.2) is 0 Å². The summed E-state index contributed by atoms with van der Waals surface area (Å²) in [5.74, 6) is 1.27. The second-order valence-corrected chi connectivity index (χ2v) is 21.8. The fourth-order valence-corrected chi connectivity index (χ4v) is 12.6. The second-order valence-electron chi connectivity index (χ2n) is 21.8. The van der Waals surface area contributed by atoms with Gasteiger partial charge in [-0.1, -0.05) is 192 Å². The van der Waals surface area contributed by atoms with Gasteiger partial charge in [-0.05, 0) is 160 Å². The molecule has 4 unspecified atom stereocenters. The van der Waals surface area contributed by atoms with E-state index in [1.165, 1.54) is 83.8 Å². The van der Waals surface area contributed by atoms with Crippen LogP contribution in [0.4, 0.5) is 22.7 Å². The third-order valence-corrected chi connectivity index (χ3v) is 16.6. The highest BCUT2D eigenvalue weighted by molar-refractivity contribution is 5.86. The summed E-state index contributed by atoms with van der Waals surface area (Å²) < 4.78 is 0. The zero-order chi connectivity index (χ0) is 47.7. The predicted octanol–water partition coefficient (Wildman–Crippen LogP) is 17.7. The van der Waals surface area contributed by atoms with Crippen LogP contribution in [0.1, 0.15) is 117 Å². The van der Waals surface area contributed by atoms with Gasteiger partial charge in [0.05, 0.1) is 6.04 Å². The SMILES string of the molecule is Cc1ccc(N(c2ccc(C3=CCC(N(C4=CCC(C)C=C4)c4ccc(C5C=CC6=C(C5)c5ccccc5C6(C)C)cc4)C=C3)cc2)c2ccc(C3C=CC4=C(C3)c3ccccc3C4(C)C)cc2)cc1. The molecule has 0 spiro atoms. The molecular weight excluding hydrogens is 845 g/mol. The van der Waals surface area contributed by atoms with Crippen molar-refractivity contribution in [2.45, 2.75) is 95.9 Å². The molecule has 346 valence electrons. The van der Waals surface area contributed by atoms with E-state index in [1.807, 2.05) is 0 Å². The van der Waals surface area contributed by atoms with Crippen LogP contribution in [0.5, 0.6) is 0 Å². The van der Waals surface area contributed by atoms with E-state index in [0.717, 1.165) is 42.7 Å². The van der Waals surface area contributed by atoms with E-state index in [9.17, 15) is 0 Å². The largest absolute Gasteiger partial charge is 0.335 e. The molecule has 0 radical (unpaired) electrons. The van der Waals surface area contributed by atoms with Crippen molar-refractivity contribution in [3.8, 4) is 0 Å². The highest BCUT2D eigenvalue weighted by atomic mass is 15.2. The molecule has 4 atom stereocenters. The Labute approximate surface area is 416 Å². The van der Waals surface area contributed by atoms with Gasteiger partial charge in [0.25, 0.3) is 0 Å². The number of hydrogen-bond donors (Lipinski definition) is 0. The molecule has 0 saturated heterocycles. The van der Waals surface area contributed by atoms with E-state index in [4.69, 9.17) is 0 Å². The maximum absolute atomic E-state index is 2.56. The summed E-state index contributed by atoms with van der Waals surface area (Å²) in [6.45, 7) is 14.0. The summed E-state index contributed by atoms with van der Waals surface area (Å²) in [6.07, 6.45) is 28.1. The minimum Gasteiger partial charge on any atom is -0.335 e. The number of fused-ring (bicyclic) bond motifs is 4. The van der Waals surface area contributed by atoms with Crippen LogP contribution in [0, 0.1) is 12.8 Å². The maximum atomic E-state index is 2.56. The van der Waals surface area contributed by atoms with Crippen molar-refractivity contribution < 1.29 is 0 Å². The molecule has 0 fully saturated rings. The Morgan fingerprint density at radius 1 is 0.471 bits per heavy atom. The van der Waals surface area contributed by atoms with E-state index in [1.54, 1.807) is 0 Å². The predicted molar refractivity (Wildman–Crippen MR) is 297 cm³/mol. The maximum Gasteiger partial charge on any atom is 0.0560 e. The van der Waals surface area contributed by atoms with E-state index in [-0.39, 0.29) is 16.9 Å². The Kier molecular flexibility index (Phi) is 10.9. The van der Waals surface area contributed by atoms with Crippen LogP contribution in [0.2, 0.25) is 0 Å². The standard InChI is InChI=1S/C68H64N2/c1-45-15-29-53(30-16-45)69(57-37-23-49(24-38-57)51-27-41-65-61(43-51)59-11-7-9-13-63(59)67(65,3)4)55-33-19-47(20-34-55)48-21-35-56(36-22-48)70(54-31-17-46(2)18-32-54)58-39-25-50(26-40-58)52-28-42-66-62(44-52)60-12-8-10-14-64(60)68(66,5)6/h7-17,19-35,37-42,46,51-52,56H,18,36,43-44H2,1-6H3. The highest BCUT2D eigenvalue weighted by Gasteiger charge is 2.40. The lowest BCUT2D eigenvalue weighted by Crippen LogP contribution is -2.34. The van der Waals surface area contributed by atoms with Gasteiger partial charge in [-0.15, -0.1) is 0 Å². The van der Waals surface area contributed by atoms with Gasteiger partial charge in [0.2, 0.25) is 0 Å². The molecule has 2 nitrogen and oxygen atoms in total. The monoisotopic (exact) mass is 909 g/mol. The van der Waals surface area contributed by atoms with Gasteiger partial charge in [0, 0.05) is 51.1 Å². The van der Waals surface area contributed by atoms with Crippen LogP contribution in [0.3, 0.4) is 0 Å². The fourth-order valence-electron chi connectivity index (χ4n) is 12.6. The molecule has 2 heteroatoms. The van der Waals surface area contributed by atoms with Crippen molar-refractivity contribution in [1.29, 1.82) is 0 Å². The Balaban J connectivity index is 0.769. The van der Waals surface area contributed by atoms with Crippen molar-refractivity contribution in [2.75, 3.05) is 9.80 Å². The van der Waals surface area contributed by atoms with Gasteiger partial charge in [-0.25, -0.2) is 0 Å². The number of rotatable bonds is 9. The average molecular weight is 909 g/mol. The van der Waals surface area contributed by atoms with Crippen LogP contribution in [-0.2, 0) is 10.8 Å². The van der Waals surface area contributed by atoms with E-state index < -0.39 is 0 Å². The molecule has 6 aromatic carbocycles. The molecule has 0 aliphatic heterocycles. The van der Waals surface area contributed by atoms with E-state index in [0.29, 0.717) is 17.8 Å². The Bertz CT molecular complexity index is 3270. The number of hydrogen-bond acceptors (Lipinski definition) is 2. The van der Waals surface area contributed by atoms with Gasteiger partial charge in [-0.2, -0.15) is 0 Å². The van der Waals surface area contributed by atoms with Crippen molar-refractivity contribution in [3.05, 3.63) is 268 Å². The lowest BCUT2D eigenvalue weighted by atomic mass is 9.78. The van der Waals surface area contributed by atoms with Gasteiger partial charge in [-0.3, -0.25) is 0 Å². The lowest BCUT2D eigenvalue weighted by molar-refractivity contribution is 0.649. The summed E-state index contributed by atoms with van der Waals surface area (Å²) >= 11 is 0. The first-order valence-corrected chi connectivity index (χ1v) is 25.8. The molecule has 0 saturated carbocycles. The quantitative estimate of drug-likeness (QED) is 0.143. The number of benzene rings is 6. The molecule has 0 N–H and O–H groups in total. The second kappa shape index (κ2) is 17.4. The van der Waals surface area contributed by atoms with Crippen molar-refractivity contribution in [2.24, 2.45) is 5.92 Å². The van der Waals surface area contributed by atoms with Crippen LogP contribution in [-0.4, -0.2) is 6.04 Å². The normalized spacial score (nSPS) is 22.3. The highest BCUT2D eigenvalue weighted by Crippen LogP contribution is 2.54. The average Bonchev–Trinajstić information content (AvgIpc) is 3.77. The van der Waals surface area contributed by atoms with E-state index in [2.05, 4.69) is 258 Å². The molecule has 6 aliphatic rings. The summed E-state index contributed by atoms with van der Waals surface area (Å²) in [7, 11) is 0. The zero-order valence-corrected chi connectivity index (χ0v) is 41.7. The molecule has 0 bridgehead atoms. The fraction of sp³-hybridized carbons (Fsp3) is 0.235. The lowest BCUT2D eigenvalue weighted by Gasteiger charge is -2.35. The van der Waals surface area contributed by atoms with Gasteiger partial charge < -0.3 is 9.80 Å². The van der Waals surface area contributed by atoms with Gasteiger partial charge >= 0.3 is 0 Å². The Morgan fingerprint density at radius 2 is 0.971 bits per heavy atom. The molecule has 70 heavy (non-hydrogen) atoms. The summed E-state index contributed by atoms with van der Waals surface area (Å²) in [4.78, 5) is 4.95. The number of nitrogens with zero attached hydrogens (tertiary/aromatic N) is 2. The first-order valence-electron chi connectivity index (χ1n) is 25.8. The topological polar surface area (TPSA) is 6.48 Å². The Morgan fingerprint density at radius 3 is 1.47 bits per heavy atom. The van der Waals surface area contributed by atoms with Crippen molar-refractivity contribution in [1.82, 2.24) is 0 Å². The smallest absolute Gasteiger partial charge is 0.0560 e. The third kappa shape index (κ3) is 7.64. The first kappa shape index (κ1) is 44.1. The number of anilines is 4. The third-order valence-electron chi connectivity index (χ3n) is 16.6. The van der Waals surface area contributed by atoms with Crippen molar-refractivity contribution >= 4 is 39.5 Å². The molecular formula is C68H64N2. The number of allylic oxidation sites excluding steroid dienone is 13. The van der Waals surface area contributed by atoms with Crippen LogP contribution < -0.4 is 9.80 Å². The molecule has 6 aromatic rings. The molecule has 0 amide bonds. The summed E-state index contributed by atoms with van der Waals surface area (Å²) in [6, 6.07) is 55.2. The zero-order valence-electron chi connectivity index (χ0n) is 41.7. The Hall–Kier alpha value is -7.16. The minimum atomic E-state index is 0.0462.